The highest BCUT2D eigenvalue weighted by Crippen LogP contribution is 2.07. The van der Waals surface area contributed by atoms with E-state index in [0.717, 1.165) is 22.6 Å². The maximum absolute atomic E-state index is 4.31. The third-order valence-electron chi connectivity index (χ3n) is 2.98. The van der Waals surface area contributed by atoms with Crippen LogP contribution in [0.4, 0.5) is 5.95 Å². The van der Waals surface area contributed by atoms with E-state index < -0.39 is 0 Å². The van der Waals surface area contributed by atoms with Crippen molar-refractivity contribution < 1.29 is 0 Å². The minimum absolute atomic E-state index is 0.490. The van der Waals surface area contributed by atoms with Crippen LogP contribution in [-0.4, -0.2) is 26.0 Å². The molecule has 2 heterocycles. The van der Waals surface area contributed by atoms with Crippen molar-refractivity contribution in [2.24, 2.45) is 5.10 Å². The topological polar surface area (TPSA) is 68.0 Å². The first kappa shape index (κ1) is 13.9. The van der Waals surface area contributed by atoms with E-state index in [4.69, 9.17) is 0 Å². The van der Waals surface area contributed by atoms with Crippen LogP contribution in [-0.2, 0) is 0 Å². The summed E-state index contributed by atoms with van der Waals surface area (Å²) in [5.41, 5.74) is 6.54. The number of hydrogen-bond acceptors (Lipinski definition) is 5. The summed E-state index contributed by atoms with van der Waals surface area (Å²) in [7, 11) is 0. The standard InChI is InChI=1S/C16H16N6/c1-12-8-13(2)20-16(19-12)21-17-9-14-10-18-22(11-14)15-6-4-3-5-7-15/h3-11H,1-2H3,(H,19,20,21)/b17-9-. The third-order valence-corrected chi connectivity index (χ3v) is 2.98. The Balaban J connectivity index is 1.70. The van der Waals surface area contributed by atoms with Crippen LogP contribution >= 0.6 is 0 Å². The van der Waals surface area contributed by atoms with Gasteiger partial charge in [-0.25, -0.2) is 20.1 Å². The maximum atomic E-state index is 4.31. The van der Waals surface area contributed by atoms with E-state index >= 15 is 0 Å². The molecule has 1 aromatic carbocycles. The van der Waals surface area contributed by atoms with Crippen molar-refractivity contribution in [3.05, 3.63) is 65.7 Å². The van der Waals surface area contributed by atoms with Crippen LogP contribution in [0.3, 0.4) is 0 Å². The van der Waals surface area contributed by atoms with E-state index in [-0.39, 0.29) is 0 Å². The fourth-order valence-electron chi connectivity index (χ4n) is 2.07. The Bertz CT molecular complexity index is 771. The van der Waals surface area contributed by atoms with Gasteiger partial charge in [0.2, 0.25) is 5.95 Å². The number of hydrazone groups is 1. The summed E-state index contributed by atoms with van der Waals surface area (Å²) in [4.78, 5) is 8.52. The van der Waals surface area contributed by atoms with Gasteiger partial charge < -0.3 is 0 Å². The largest absolute Gasteiger partial charge is 0.245 e. The minimum Gasteiger partial charge on any atom is -0.245 e. The third kappa shape index (κ3) is 3.35. The van der Waals surface area contributed by atoms with Crippen molar-refractivity contribution in [1.82, 2.24) is 19.7 Å². The number of aromatic nitrogens is 4. The van der Waals surface area contributed by atoms with Gasteiger partial charge in [0, 0.05) is 23.1 Å². The first-order valence-electron chi connectivity index (χ1n) is 6.92. The Morgan fingerprint density at radius 1 is 1.09 bits per heavy atom. The van der Waals surface area contributed by atoms with Gasteiger partial charge in [-0.05, 0) is 32.0 Å². The van der Waals surface area contributed by atoms with Gasteiger partial charge in [-0.15, -0.1) is 0 Å². The molecule has 110 valence electrons. The fraction of sp³-hybridized carbons (Fsp3) is 0.125. The zero-order valence-corrected chi connectivity index (χ0v) is 12.4. The highest BCUT2D eigenvalue weighted by atomic mass is 15.3. The van der Waals surface area contributed by atoms with Gasteiger partial charge in [-0.2, -0.15) is 10.2 Å². The molecule has 0 fully saturated rings. The molecule has 0 aliphatic rings. The number of aryl methyl sites for hydroxylation is 2. The van der Waals surface area contributed by atoms with Crippen molar-refractivity contribution in [2.75, 3.05) is 5.43 Å². The fourth-order valence-corrected chi connectivity index (χ4v) is 2.07. The first-order valence-corrected chi connectivity index (χ1v) is 6.92. The van der Waals surface area contributed by atoms with Crippen LogP contribution < -0.4 is 5.43 Å². The molecule has 6 heteroatoms. The lowest BCUT2D eigenvalue weighted by molar-refractivity contribution is 0.880. The molecule has 6 nitrogen and oxygen atoms in total. The van der Waals surface area contributed by atoms with Crippen LogP contribution in [0, 0.1) is 13.8 Å². The molecular formula is C16H16N6. The first-order chi connectivity index (χ1) is 10.7. The lowest BCUT2D eigenvalue weighted by atomic mass is 10.3. The molecule has 0 amide bonds. The van der Waals surface area contributed by atoms with Gasteiger partial charge in [-0.3, -0.25) is 0 Å². The summed E-state index contributed by atoms with van der Waals surface area (Å²) in [6.07, 6.45) is 5.34. The number of nitrogens with one attached hydrogen (secondary N) is 1. The molecule has 0 saturated carbocycles. The lowest BCUT2D eigenvalue weighted by Gasteiger charge is -2.01. The molecule has 0 atom stereocenters. The van der Waals surface area contributed by atoms with Crippen molar-refractivity contribution >= 4 is 12.2 Å². The molecule has 22 heavy (non-hydrogen) atoms. The summed E-state index contributed by atoms with van der Waals surface area (Å²) < 4.78 is 1.80. The van der Waals surface area contributed by atoms with E-state index in [1.165, 1.54) is 0 Å². The molecule has 2 aromatic heterocycles. The molecule has 0 saturated heterocycles. The predicted octanol–water partition coefficient (Wildman–Crippen LogP) is 2.73. The normalized spacial score (nSPS) is 11.0. The van der Waals surface area contributed by atoms with Crippen molar-refractivity contribution in [1.29, 1.82) is 0 Å². The average Bonchev–Trinajstić information content (AvgIpc) is 2.96. The van der Waals surface area contributed by atoms with E-state index in [1.807, 2.05) is 56.4 Å². The lowest BCUT2D eigenvalue weighted by Crippen LogP contribution is -1.99. The van der Waals surface area contributed by atoms with Crippen molar-refractivity contribution in [2.45, 2.75) is 13.8 Å². The van der Waals surface area contributed by atoms with Gasteiger partial charge in [0.05, 0.1) is 18.1 Å². The number of anilines is 1. The Labute approximate surface area is 128 Å². The SMILES string of the molecule is Cc1cc(C)nc(N/N=C\c2cnn(-c3ccccc3)c2)n1. The van der Waals surface area contributed by atoms with Crippen LogP contribution in [0.2, 0.25) is 0 Å². The van der Waals surface area contributed by atoms with Gasteiger partial charge in [0.1, 0.15) is 0 Å². The van der Waals surface area contributed by atoms with Crippen molar-refractivity contribution in [3.8, 4) is 5.69 Å². The van der Waals surface area contributed by atoms with Crippen LogP contribution in [0.1, 0.15) is 17.0 Å². The van der Waals surface area contributed by atoms with Crippen molar-refractivity contribution in [3.63, 3.8) is 0 Å². The molecule has 0 spiro atoms. The monoisotopic (exact) mass is 292 g/mol. The molecule has 0 aliphatic heterocycles. The summed E-state index contributed by atoms with van der Waals surface area (Å²) in [5, 5.41) is 8.45. The highest BCUT2D eigenvalue weighted by molar-refractivity contribution is 5.79. The second-order valence-corrected chi connectivity index (χ2v) is 4.90. The molecule has 0 radical (unpaired) electrons. The van der Waals surface area contributed by atoms with Gasteiger partial charge in [0.15, 0.2) is 0 Å². The van der Waals surface area contributed by atoms with Crippen LogP contribution in [0.15, 0.2) is 53.9 Å². The molecule has 0 unspecified atom stereocenters. The molecular weight excluding hydrogens is 276 g/mol. The number of nitrogens with zero attached hydrogens (tertiary/aromatic N) is 5. The maximum Gasteiger partial charge on any atom is 0.243 e. The van der Waals surface area contributed by atoms with E-state index in [1.54, 1.807) is 17.1 Å². The van der Waals surface area contributed by atoms with E-state index in [0.29, 0.717) is 5.95 Å². The zero-order chi connectivity index (χ0) is 15.4. The highest BCUT2D eigenvalue weighted by Gasteiger charge is 1.99. The van der Waals surface area contributed by atoms with E-state index in [2.05, 4.69) is 25.6 Å². The average molecular weight is 292 g/mol. The summed E-state index contributed by atoms with van der Waals surface area (Å²) in [6.45, 7) is 3.85. The molecule has 3 rings (SSSR count). The summed E-state index contributed by atoms with van der Waals surface area (Å²) >= 11 is 0. The van der Waals surface area contributed by atoms with Gasteiger partial charge >= 0.3 is 0 Å². The number of benzene rings is 1. The number of rotatable bonds is 4. The predicted molar refractivity (Wildman–Crippen MR) is 86.3 cm³/mol. The number of hydrogen-bond donors (Lipinski definition) is 1. The Morgan fingerprint density at radius 3 is 2.55 bits per heavy atom. The second kappa shape index (κ2) is 6.17. The van der Waals surface area contributed by atoms with E-state index in [9.17, 15) is 0 Å². The molecule has 1 N–H and O–H groups in total. The minimum atomic E-state index is 0.490. The Morgan fingerprint density at radius 2 is 1.82 bits per heavy atom. The smallest absolute Gasteiger partial charge is 0.243 e. The zero-order valence-electron chi connectivity index (χ0n) is 12.4. The molecule has 0 bridgehead atoms. The van der Waals surface area contributed by atoms with Crippen LogP contribution in [0.25, 0.3) is 5.69 Å². The molecule has 3 aromatic rings. The Hall–Kier alpha value is -3.02. The van der Waals surface area contributed by atoms with Gasteiger partial charge in [0.25, 0.3) is 0 Å². The quantitative estimate of drug-likeness (QED) is 0.593. The second-order valence-electron chi connectivity index (χ2n) is 4.90. The molecule has 0 aliphatic carbocycles. The van der Waals surface area contributed by atoms with Crippen LogP contribution in [0.5, 0.6) is 0 Å². The Kier molecular flexibility index (Phi) is 3.91. The number of para-hydroxylation sites is 1. The summed E-state index contributed by atoms with van der Waals surface area (Å²) in [6, 6.07) is 11.8. The van der Waals surface area contributed by atoms with Gasteiger partial charge in [-0.1, -0.05) is 18.2 Å². The summed E-state index contributed by atoms with van der Waals surface area (Å²) in [5.74, 6) is 0.490.